The lowest BCUT2D eigenvalue weighted by atomic mass is 9.75. The number of nitrogens with zero attached hydrogens (tertiary/aromatic N) is 3. The van der Waals surface area contributed by atoms with Crippen molar-refractivity contribution in [2.24, 2.45) is 22.9 Å². The minimum absolute atomic E-state index is 0.0649. The number of nitrogens with one attached hydrogen (secondary N) is 2. The Labute approximate surface area is 199 Å². The Morgan fingerprint density at radius 2 is 2.09 bits per heavy atom. The van der Waals surface area contributed by atoms with Gasteiger partial charge in [-0.1, -0.05) is 37.7 Å². The van der Waals surface area contributed by atoms with E-state index in [9.17, 15) is 14.0 Å². The predicted molar refractivity (Wildman–Crippen MR) is 128 cm³/mol. The van der Waals surface area contributed by atoms with Gasteiger partial charge in [-0.25, -0.2) is 4.39 Å². The van der Waals surface area contributed by atoms with Gasteiger partial charge in [-0.15, -0.1) is 0 Å². The third-order valence-electron chi connectivity index (χ3n) is 6.45. The second-order valence-corrected chi connectivity index (χ2v) is 10.9. The van der Waals surface area contributed by atoms with E-state index in [2.05, 4.69) is 34.6 Å². The number of carbonyl (C=O) groups excluding carboxylic acids is 2. The molecule has 1 saturated heterocycles. The zero-order chi connectivity index (χ0) is 23.7. The lowest BCUT2D eigenvalue weighted by Gasteiger charge is -2.51. The van der Waals surface area contributed by atoms with E-state index in [1.807, 2.05) is 24.8 Å². The molecule has 0 spiro atoms. The van der Waals surface area contributed by atoms with Gasteiger partial charge in [-0.2, -0.15) is 5.10 Å². The molecule has 7 nitrogen and oxygen atoms in total. The number of carbonyl (C=O) groups is 2. The fourth-order valence-electron chi connectivity index (χ4n) is 5.06. The van der Waals surface area contributed by atoms with Crippen LogP contribution in [0.1, 0.15) is 52.5 Å². The molecule has 3 aliphatic rings. The van der Waals surface area contributed by atoms with Gasteiger partial charge < -0.3 is 15.1 Å². The van der Waals surface area contributed by atoms with Gasteiger partial charge in [0.1, 0.15) is 5.82 Å². The molecule has 33 heavy (non-hydrogen) atoms. The van der Waals surface area contributed by atoms with Gasteiger partial charge in [0.15, 0.2) is 11.5 Å². The normalized spacial score (nSPS) is 26.8. The smallest absolute Gasteiger partial charge is 0.230 e. The van der Waals surface area contributed by atoms with E-state index < -0.39 is 0 Å². The van der Waals surface area contributed by atoms with E-state index >= 15 is 0 Å². The van der Waals surface area contributed by atoms with E-state index in [-0.39, 0.29) is 47.8 Å². The molecule has 2 fully saturated rings. The quantitative estimate of drug-likeness (QED) is 0.660. The molecule has 4 atom stereocenters. The Bertz CT molecular complexity index is 924. The number of benzene rings is 1. The summed E-state index contributed by atoms with van der Waals surface area (Å²) in [5.74, 6) is 0.597. The average Bonchev–Trinajstić information content (AvgIpc) is 3.18. The highest BCUT2D eigenvalue weighted by Gasteiger charge is 2.53. The molecule has 1 saturated carbocycles. The predicted octanol–water partition coefficient (Wildman–Crippen LogP) is 3.33. The molecule has 0 bridgehead atoms. The van der Waals surface area contributed by atoms with Crippen molar-refractivity contribution in [3.05, 3.63) is 35.6 Å². The summed E-state index contributed by atoms with van der Waals surface area (Å²) in [5.41, 5.74) is 4.06. The summed E-state index contributed by atoms with van der Waals surface area (Å²) >= 11 is 1.54. The molecule has 9 heteroatoms. The molecule has 2 amide bonds. The number of hydrogen-bond donors (Lipinski definition) is 2. The highest BCUT2D eigenvalue weighted by atomic mass is 32.2. The van der Waals surface area contributed by atoms with Gasteiger partial charge in [0.25, 0.3) is 0 Å². The van der Waals surface area contributed by atoms with Crippen LogP contribution in [-0.2, 0) is 15.3 Å². The SMILES string of the molecule is CC(C)CN1C(=O)C2CCC(C(=O)NC(C)C)CC2N2C(SCc3cccc(F)c3)=NNC12. The monoisotopic (exact) mass is 475 g/mol. The molecule has 0 radical (unpaired) electrons. The number of hydrazone groups is 1. The van der Waals surface area contributed by atoms with Gasteiger partial charge >= 0.3 is 0 Å². The standard InChI is InChI=1S/C24H34FN5O2S/c1-14(2)12-29-22(32)19-9-8-17(21(31)26-15(3)4)11-20(19)30-23(29)27-28-24(30)33-13-16-6-5-7-18(25)10-16/h5-7,10,14-15,17,19-20,23,27H,8-9,11-13H2,1-4H3,(H,26,31). The summed E-state index contributed by atoms with van der Waals surface area (Å²) in [5, 5.41) is 8.42. The molecule has 4 rings (SSSR count). The number of halogens is 1. The number of fused-ring (bicyclic) bond motifs is 3. The van der Waals surface area contributed by atoms with Crippen molar-refractivity contribution in [3.8, 4) is 0 Å². The molecule has 2 heterocycles. The number of amidine groups is 1. The zero-order valence-electron chi connectivity index (χ0n) is 19.8. The number of rotatable bonds is 6. The van der Waals surface area contributed by atoms with Gasteiger partial charge in [0, 0.05) is 30.3 Å². The van der Waals surface area contributed by atoms with Gasteiger partial charge in [0.2, 0.25) is 11.8 Å². The average molecular weight is 476 g/mol. The van der Waals surface area contributed by atoms with Crippen molar-refractivity contribution < 1.29 is 14.0 Å². The molecule has 1 aromatic carbocycles. The molecule has 0 aromatic heterocycles. The molecular weight excluding hydrogens is 441 g/mol. The first-order valence-corrected chi connectivity index (χ1v) is 12.8. The first-order valence-electron chi connectivity index (χ1n) is 11.8. The van der Waals surface area contributed by atoms with Crippen LogP contribution in [0.3, 0.4) is 0 Å². The van der Waals surface area contributed by atoms with Gasteiger partial charge in [0.05, 0.1) is 5.92 Å². The molecule has 4 unspecified atom stereocenters. The number of hydrogen-bond acceptors (Lipinski definition) is 6. The van der Waals surface area contributed by atoms with Crippen LogP contribution >= 0.6 is 11.8 Å². The molecule has 1 aromatic rings. The molecule has 2 N–H and O–H groups in total. The zero-order valence-corrected chi connectivity index (χ0v) is 20.6. The maximum atomic E-state index is 13.6. The fraction of sp³-hybridized carbons (Fsp3) is 0.625. The lowest BCUT2D eigenvalue weighted by Crippen LogP contribution is -2.68. The lowest BCUT2D eigenvalue weighted by molar-refractivity contribution is -0.158. The molecule has 1 aliphatic carbocycles. The summed E-state index contributed by atoms with van der Waals surface area (Å²) in [4.78, 5) is 30.4. The topological polar surface area (TPSA) is 77.0 Å². The summed E-state index contributed by atoms with van der Waals surface area (Å²) in [7, 11) is 0. The highest BCUT2D eigenvalue weighted by Crippen LogP contribution is 2.41. The first-order chi connectivity index (χ1) is 15.7. The summed E-state index contributed by atoms with van der Waals surface area (Å²) < 4.78 is 13.6. The van der Waals surface area contributed by atoms with Crippen LogP contribution in [0.5, 0.6) is 0 Å². The van der Waals surface area contributed by atoms with E-state index in [1.165, 1.54) is 23.9 Å². The van der Waals surface area contributed by atoms with Crippen molar-refractivity contribution in [3.63, 3.8) is 0 Å². The largest absolute Gasteiger partial charge is 0.354 e. The van der Waals surface area contributed by atoms with Crippen molar-refractivity contribution >= 4 is 28.7 Å². The van der Waals surface area contributed by atoms with Crippen molar-refractivity contribution in [1.82, 2.24) is 20.5 Å². The Kier molecular flexibility index (Phi) is 7.16. The molecule has 2 aliphatic heterocycles. The Balaban J connectivity index is 1.56. The number of thioether (sulfide) groups is 1. The van der Waals surface area contributed by atoms with Crippen LogP contribution < -0.4 is 10.7 Å². The van der Waals surface area contributed by atoms with Crippen LogP contribution in [0.15, 0.2) is 29.4 Å². The Hall–Kier alpha value is -2.29. The first kappa shape index (κ1) is 23.9. The van der Waals surface area contributed by atoms with Crippen LogP contribution in [-0.4, -0.2) is 51.7 Å². The van der Waals surface area contributed by atoms with E-state index in [4.69, 9.17) is 0 Å². The summed E-state index contributed by atoms with van der Waals surface area (Å²) in [6, 6.07) is 6.58. The third-order valence-corrected chi connectivity index (χ3v) is 7.49. The molecule has 180 valence electrons. The second kappa shape index (κ2) is 9.91. The number of amides is 2. The van der Waals surface area contributed by atoms with Crippen LogP contribution in [0.4, 0.5) is 4.39 Å². The minimum Gasteiger partial charge on any atom is -0.354 e. The van der Waals surface area contributed by atoms with E-state index in [0.29, 0.717) is 31.1 Å². The van der Waals surface area contributed by atoms with Crippen LogP contribution in [0.25, 0.3) is 0 Å². The van der Waals surface area contributed by atoms with Gasteiger partial charge in [-0.05, 0) is 56.7 Å². The summed E-state index contributed by atoms with van der Waals surface area (Å²) in [6.45, 7) is 8.78. The summed E-state index contributed by atoms with van der Waals surface area (Å²) in [6.07, 6.45) is 1.69. The van der Waals surface area contributed by atoms with Crippen LogP contribution in [0.2, 0.25) is 0 Å². The van der Waals surface area contributed by atoms with E-state index in [1.54, 1.807) is 6.07 Å². The second-order valence-electron chi connectivity index (χ2n) is 9.95. The Morgan fingerprint density at radius 1 is 1.30 bits per heavy atom. The third kappa shape index (κ3) is 5.13. The highest BCUT2D eigenvalue weighted by molar-refractivity contribution is 8.13. The molecular formula is C24H34FN5O2S. The van der Waals surface area contributed by atoms with Crippen molar-refractivity contribution in [2.45, 2.75) is 71.1 Å². The Morgan fingerprint density at radius 3 is 2.79 bits per heavy atom. The minimum atomic E-state index is -0.344. The maximum Gasteiger partial charge on any atom is 0.230 e. The fourth-order valence-corrected chi connectivity index (χ4v) is 6.04. The van der Waals surface area contributed by atoms with Crippen molar-refractivity contribution in [1.29, 1.82) is 0 Å². The van der Waals surface area contributed by atoms with E-state index in [0.717, 1.165) is 17.2 Å². The van der Waals surface area contributed by atoms with Crippen molar-refractivity contribution in [2.75, 3.05) is 6.54 Å². The maximum absolute atomic E-state index is 13.6. The van der Waals surface area contributed by atoms with Crippen LogP contribution in [0, 0.1) is 23.6 Å². The van der Waals surface area contributed by atoms with Gasteiger partial charge in [-0.3, -0.25) is 15.0 Å².